The van der Waals surface area contributed by atoms with Crippen molar-refractivity contribution in [2.24, 2.45) is 16.7 Å². The van der Waals surface area contributed by atoms with Crippen LogP contribution in [0.15, 0.2) is 0 Å². The van der Waals surface area contributed by atoms with Gasteiger partial charge >= 0.3 is 0 Å². The van der Waals surface area contributed by atoms with E-state index in [9.17, 15) is 10.4 Å². The standard InChI is InChI=1S/C18H32N2O/c1-5-20-12-10-18(21,11-13-20)17(14-19)8-6-15(7-9-17)16(2,3)4/h15,21H,5-13H2,1-4H3. The Bertz CT molecular complexity index is 388. The third-order valence-corrected chi connectivity index (χ3v) is 6.30. The fourth-order valence-corrected chi connectivity index (χ4v) is 4.38. The molecule has 0 bridgehead atoms. The molecule has 1 saturated heterocycles. The van der Waals surface area contributed by atoms with E-state index in [-0.39, 0.29) is 0 Å². The summed E-state index contributed by atoms with van der Waals surface area (Å²) in [5, 5.41) is 21.0. The number of rotatable bonds is 2. The van der Waals surface area contributed by atoms with Gasteiger partial charge in [0.05, 0.1) is 17.1 Å². The van der Waals surface area contributed by atoms with Crippen LogP contribution in [0.5, 0.6) is 0 Å². The van der Waals surface area contributed by atoms with Crippen molar-refractivity contribution in [2.75, 3.05) is 19.6 Å². The third kappa shape index (κ3) is 3.12. The summed E-state index contributed by atoms with van der Waals surface area (Å²) in [4.78, 5) is 2.38. The molecule has 0 aromatic carbocycles. The lowest BCUT2D eigenvalue weighted by molar-refractivity contribution is -0.117. The molecule has 0 spiro atoms. The quantitative estimate of drug-likeness (QED) is 0.846. The summed E-state index contributed by atoms with van der Waals surface area (Å²) in [6.45, 7) is 12.0. The highest BCUT2D eigenvalue weighted by atomic mass is 16.3. The zero-order valence-electron chi connectivity index (χ0n) is 14.3. The fraction of sp³-hybridized carbons (Fsp3) is 0.944. The van der Waals surface area contributed by atoms with E-state index in [1.807, 2.05) is 0 Å². The molecule has 21 heavy (non-hydrogen) atoms. The van der Waals surface area contributed by atoms with Gasteiger partial charge in [-0.05, 0) is 56.4 Å². The van der Waals surface area contributed by atoms with Crippen LogP contribution in [0.2, 0.25) is 0 Å². The van der Waals surface area contributed by atoms with Gasteiger partial charge in [0, 0.05) is 13.1 Å². The minimum absolute atomic E-state index is 0.315. The lowest BCUT2D eigenvalue weighted by Crippen LogP contribution is -2.56. The summed E-state index contributed by atoms with van der Waals surface area (Å²) in [5.74, 6) is 0.679. The van der Waals surface area contributed by atoms with Crippen molar-refractivity contribution in [1.82, 2.24) is 4.90 Å². The zero-order chi connectivity index (χ0) is 15.7. The summed E-state index contributed by atoms with van der Waals surface area (Å²) >= 11 is 0. The maximum Gasteiger partial charge on any atom is 0.0861 e. The predicted octanol–water partition coefficient (Wildman–Crippen LogP) is 3.58. The highest BCUT2D eigenvalue weighted by molar-refractivity contribution is 5.14. The van der Waals surface area contributed by atoms with Gasteiger partial charge in [0.2, 0.25) is 0 Å². The fourth-order valence-electron chi connectivity index (χ4n) is 4.38. The number of piperidine rings is 1. The van der Waals surface area contributed by atoms with Crippen LogP contribution in [0, 0.1) is 28.1 Å². The summed E-state index contributed by atoms with van der Waals surface area (Å²) in [6, 6.07) is 2.56. The van der Waals surface area contributed by atoms with Crippen molar-refractivity contribution in [1.29, 1.82) is 5.26 Å². The van der Waals surface area contributed by atoms with Crippen molar-refractivity contribution in [3.63, 3.8) is 0 Å². The van der Waals surface area contributed by atoms with Gasteiger partial charge in [0.15, 0.2) is 0 Å². The molecular formula is C18H32N2O. The molecule has 1 aliphatic carbocycles. The van der Waals surface area contributed by atoms with Crippen molar-refractivity contribution < 1.29 is 5.11 Å². The second kappa shape index (κ2) is 5.89. The molecule has 3 nitrogen and oxygen atoms in total. The number of likely N-dealkylation sites (tertiary alicyclic amines) is 1. The van der Waals surface area contributed by atoms with Crippen LogP contribution >= 0.6 is 0 Å². The van der Waals surface area contributed by atoms with E-state index in [4.69, 9.17) is 0 Å². The number of hydrogen-bond acceptors (Lipinski definition) is 3. The van der Waals surface area contributed by atoms with Crippen LogP contribution in [0.25, 0.3) is 0 Å². The Morgan fingerprint density at radius 1 is 1.14 bits per heavy atom. The summed E-state index contributed by atoms with van der Waals surface area (Å²) in [6.07, 6.45) is 5.42. The van der Waals surface area contributed by atoms with Gasteiger partial charge in [-0.1, -0.05) is 27.7 Å². The molecule has 0 unspecified atom stereocenters. The van der Waals surface area contributed by atoms with Crippen LogP contribution in [-0.2, 0) is 0 Å². The first kappa shape index (κ1) is 16.8. The third-order valence-electron chi connectivity index (χ3n) is 6.30. The molecule has 1 aliphatic heterocycles. The molecule has 0 aromatic heterocycles. The van der Waals surface area contributed by atoms with Crippen LogP contribution in [0.4, 0.5) is 0 Å². The molecule has 2 fully saturated rings. The van der Waals surface area contributed by atoms with Gasteiger partial charge in [-0.15, -0.1) is 0 Å². The average Bonchev–Trinajstić information content (AvgIpc) is 2.47. The minimum atomic E-state index is -0.768. The highest BCUT2D eigenvalue weighted by Crippen LogP contribution is 2.52. The van der Waals surface area contributed by atoms with Crippen LogP contribution < -0.4 is 0 Å². The van der Waals surface area contributed by atoms with Crippen molar-refractivity contribution >= 4 is 0 Å². The summed E-state index contributed by atoms with van der Waals surface area (Å²) < 4.78 is 0. The van der Waals surface area contributed by atoms with Crippen LogP contribution in [0.3, 0.4) is 0 Å². The first-order valence-electron chi connectivity index (χ1n) is 8.62. The molecule has 1 saturated carbocycles. The second-order valence-electron chi connectivity index (χ2n) is 8.30. The molecule has 2 rings (SSSR count). The van der Waals surface area contributed by atoms with E-state index < -0.39 is 11.0 Å². The Labute approximate surface area is 130 Å². The Kier molecular flexibility index (Phi) is 4.71. The highest BCUT2D eigenvalue weighted by Gasteiger charge is 2.53. The topological polar surface area (TPSA) is 47.3 Å². The molecule has 0 amide bonds. The molecule has 0 aromatic rings. The van der Waals surface area contributed by atoms with E-state index in [1.54, 1.807) is 0 Å². The number of aliphatic hydroxyl groups is 1. The van der Waals surface area contributed by atoms with Crippen LogP contribution in [0.1, 0.15) is 66.2 Å². The van der Waals surface area contributed by atoms with E-state index >= 15 is 0 Å². The van der Waals surface area contributed by atoms with E-state index in [1.165, 1.54) is 0 Å². The first-order valence-corrected chi connectivity index (χ1v) is 8.62. The molecule has 3 heteroatoms. The van der Waals surface area contributed by atoms with Gasteiger partial charge in [-0.2, -0.15) is 5.26 Å². The maximum absolute atomic E-state index is 11.2. The maximum atomic E-state index is 11.2. The summed E-state index contributed by atoms with van der Waals surface area (Å²) in [5.41, 5.74) is -0.958. The Morgan fingerprint density at radius 2 is 1.67 bits per heavy atom. The monoisotopic (exact) mass is 292 g/mol. The van der Waals surface area contributed by atoms with Gasteiger partial charge in [0.1, 0.15) is 0 Å². The summed E-state index contributed by atoms with van der Waals surface area (Å²) in [7, 11) is 0. The lowest BCUT2D eigenvalue weighted by atomic mass is 9.57. The zero-order valence-corrected chi connectivity index (χ0v) is 14.3. The molecule has 0 radical (unpaired) electrons. The second-order valence-corrected chi connectivity index (χ2v) is 8.30. The van der Waals surface area contributed by atoms with Crippen molar-refractivity contribution in [3.8, 4) is 6.07 Å². The number of hydrogen-bond donors (Lipinski definition) is 1. The molecule has 0 atom stereocenters. The Hall–Kier alpha value is -0.590. The molecule has 2 aliphatic rings. The number of nitrogens with zero attached hydrogens (tertiary/aromatic N) is 2. The smallest absolute Gasteiger partial charge is 0.0861 e. The van der Waals surface area contributed by atoms with Crippen molar-refractivity contribution in [2.45, 2.75) is 71.8 Å². The molecule has 1 heterocycles. The molecule has 120 valence electrons. The Balaban J connectivity index is 2.09. The van der Waals surface area contributed by atoms with Gasteiger partial charge < -0.3 is 10.0 Å². The van der Waals surface area contributed by atoms with E-state index in [0.717, 1.165) is 58.2 Å². The SMILES string of the molecule is CCN1CCC(O)(C2(C#N)CCC(C(C)(C)C)CC2)CC1. The predicted molar refractivity (Wildman–Crippen MR) is 85.8 cm³/mol. The number of nitriles is 1. The average molecular weight is 292 g/mol. The van der Waals surface area contributed by atoms with Crippen molar-refractivity contribution in [3.05, 3.63) is 0 Å². The van der Waals surface area contributed by atoms with Crippen LogP contribution in [-0.4, -0.2) is 35.2 Å². The van der Waals surface area contributed by atoms with Gasteiger partial charge in [-0.25, -0.2) is 0 Å². The minimum Gasteiger partial charge on any atom is -0.388 e. The van der Waals surface area contributed by atoms with Gasteiger partial charge in [-0.3, -0.25) is 0 Å². The largest absolute Gasteiger partial charge is 0.388 e. The van der Waals surface area contributed by atoms with E-state index in [0.29, 0.717) is 11.3 Å². The molecule has 1 N–H and O–H groups in total. The molecular weight excluding hydrogens is 260 g/mol. The Morgan fingerprint density at radius 3 is 2.05 bits per heavy atom. The normalized spacial score (nSPS) is 34.4. The van der Waals surface area contributed by atoms with E-state index in [2.05, 4.69) is 38.7 Å². The lowest BCUT2D eigenvalue weighted by Gasteiger charge is -2.51. The first-order chi connectivity index (χ1) is 9.76. The van der Waals surface area contributed by atoms with Gasteiger partial charge in [0.25, 0.3) is 0 Å².